The van der Waals surface area contributed by atoms with Gasteiger partial charge in [0.25, 0.3) is 5.69 Å². The number of rotatable bonds is 5. The summed E-state index contributed by atoms with van der Waals surface area (Å²) in [5, 5.41) is 20.7. The molecule has 25 heavy (non-hydrogen) atoms. The number of aliphatic carboxylic acids is 1. The Labute approximate surface area is 144 Å². The van der Waals surface area contributed by atoms with Gasteiger partial charge < -0.3 is 9.84 Å². The number of nitrogens with zero attached hydrogens (tertiary/aromatic N) is 2. The van der Waals surface area contributed by atoms with E-state index in [9.17, 15) is 24.1 Å². The quantitative estimate of drug-likeness (QED) is 0.636. The van der Waals surface area contributed by atoms with Crippen molar-refractivity contribution in [2.24, 2.45) is 0 Å². The highest BCUT2D eigenvalue weighted by atomic mass is 19.1. The van der Waals surface area contributed by atoms with Crippen molar-refractivity contribution in [2.75, 3.05) is 11.4 Å². The molecule has 0 bridgehead atoms. The molecule has 0 aliphatic carbocycles. The molecule has 1 aromatic carbocycles. The molecule has 1 amide bonds. The van der Waals surface area contributed by atoms with E-state index in [2.05, 4.69) is 0 Å². The number of halogens is 1. The molecule has 1 rings (SSSR count). The van der Waals surface area contributed by atoms with Gasteiger partial charge in [-0.2, -0.15) is 0 Å². The van der Waals surface area contributed by atoms with E-state index in [0.29, 0.717) is 0 Å². The zero-order chi connectivity index (χ0) is 19.5. The van der Waals surface area contributed by atoms with Gasteiger partial charge in [-0.05, 0) is 40.7 Å². The lowest BCUT2D eigenvalue weighted by Gasteiger charge is -2.27. The number of carbonyl (C=O) groups excluding carboxylic acids is 1. The first-order valence-electron chi connectivity index (χ1n) is 7.60. The Morgan fingerprint density at radius 2 is 1.96 bits per heavy atom. The minimum Gasteiger partial charge on any atom is -0.481 e. The van der Waals surface area contributed by atoms with Gasteiger partial charge in [0.15, 0.2) is 0 Å². The maximum Gasteiger partial charge on any atom is 0.415 e. The molecule has 8 nitrogen and oxygen atoms in total. The molecule has 0 aliphatic heterocycles. The van der Waals surface area contributed by atoms with Crippen molar-refractivity contribution in [1.29, 1.82) is 0 Å². The third kappa shape index (κ3) is 4.88. The van der Waals surface area contributed by atoms with Crippen LogP contribution in [-0.2, 0) is 9.53 Å². The lowest BCUT2D eigenvalue weighted by molar-refractivity contribution is -0.384. The maximum atomic E-state index is 14.0. The number of ether oxygens (including phenoxy) is 1. The van der Waals surface area contributed by atoms with Crippen LogP contribution in [0.1, 0.15) is 46.1 Å². The fourth-order valence-electron chi connectivity index (χ4n) is 2.19. The summed E-state index contributed by atoms with van der Waals surface area (Å²) < 4.78 is 19.2. The molecule has 1 unspecified atom stereocenters. The molecule has 0 radical (unpaired) electrons. The SMILES string of the molecule is CCN(C(=O)OC(C)(C)C)c1cc(F)cc(C(C)C(=O)O)c1[N+](=O)[O-]. The standard InChI is InChI=1S/C16H21FN2O6/c1-6-18(15(22)25-16(3,4)5)12-8-10(17)7-11(9(2)14(20)21)13(12)19(23)24/h7-9H,6H2,1-5H3,(H,20,21). The lowest BCUT2D eigenvalue weighted by Crippen LogP contribution is -2.37. The number of carbonyl (C=O) groups is 2. The molecule has 0 fully saturated rings. The highest BCUT2D eigenvalue weighted by molar-refractivity contribution is 5.92. The van der Waals surface area contributed by atoms with Crippen LogP contribution in [0.2, 0.25) is 0 Å². The monoisotopic (exact) mass is 356 g/mol. The molecule has 138 valence electrons. The molecule has 0 heterocycles. The highest BCUT2D eigenvalue weighted by Crippen LogP contribution is 2.37. The van der Waals surface area contributed by atoms with Crippen LogP contribution >= 0.6 is 0 Å². The fraction of sp³-hybridized carbons (Fsp3) is 0.500. The summed E-state index contributed by atoms with van der Waals surface area (Å²) in [6, 6.07) is 1.62. The van der Waals surface area contributed by atoms with Crippen molar-refractivity contribution in [3.05, 3.63) is 33.6 Å². The highest BCUT2D eigenvalue weighted by Gasteiger charge is 2.33. The Kier molecular flexibility index (Phi) is 6.06. The average Bonchev–Trinajstić information content (AvgIpc) is 2.43. The summed E-state index contributed by atoms with van der Waals surface area (Å²) >= 11 is 0. The second-order valence-electron chi connectivity index (χ2n) is 6.40. The van der Waals surface area contributed by atoms with E-state index < -0.39 is 40.0 Å². The minimum absolute atomic E-state index is 0.0277. The van der Waals surface area contributed by atoms with Crippen molar-refractivity contribution < 1.29 is 28.7 Å². The van der Waals surface area contributed by atoms with Crippen LogP contribution < -0.4 is 4.90 Å². The van der Waals surface area contributed by atoms with E-state index in [0.717, 1.165) is 17.0 Å². The van der Waals surface area contributed by atoms with Crippen molar-refractivity contribution in [2.45, 2.75) is 46.1 Å². The Morgan fingerprint density at radius 3 is 2.36 bits per heavy atom. The Bertz CT molecular complexity index is 699. The van der Waals surface area contributed by atoms with Crippen molar-refractivity contribution >= 4 is 23.4 Å². The number of hydrogen-bond acceptors (Lipinski definition) is 5. The third-order valence-corrected chi connectivity index (χ3v) is 3.32. The predicted molar refractivity (Wildman–Crippen MR) is 88.4 cm³/mol. The van der Waals surface area contributed by atoms with Gasteiger partial charge in [0.1, 0.15) is 17.1 Å². The van der Waals surface area contributed by atoms with Gasteiger partial charge >= 0.3 is 12.1 Å². The van der Waals surface area contributed by atoms with E-state index in [1.165, 1.54) is 6.92 Å². The zero-order valence-corrected chi connectivity index (χ0v) is 14.7. The smallest absolute Gasteiger partial charge is 0.415 e. The van der Waals surface area contributed by atoms with Crippen LogP contribution in [0.4, 0.5) is 20.6 Å². The molecular weight excluding hydrogens is 335 g/mol. The molecular formula is C16H21FN2O6. The van der Waals surface area contributed by atoms with Gasteiger partial charge in [-0.15, -0.1) is 0 Å². The molecule has 1 aromatic rings. The Balaban J connectivity index is 3.58. The number of nitro benzene ring substituents is 1. The molecule has 0 aliphatic rings. The summed E-state index contributed by atoms with van der Waals surface area (Å²) in [5.41, 5.74) is -2.16. The number of anilines is 1. The van der Waals surface area contributed by atoms with Crippen LogP contribution in [-0.4, -0.2) is 34.2 Å². The number of nitro groups is 1. The van der Waals surface area contributed by atoms with E-state index in [1.54, 1.807) is 27.7 Å². The van der Waals surface area contributed by atoms with Crippen molar-refractivity contribution in [3.8, 4) is 0 Å². The second kappa shape index (κ2) is 7.45. The number of carboxylic acids is 1. The molecule has 0 saturated heterocycles. The van der Waals surface area contributed by atoms with Crippen LogP contribution in [0.25, 0.3) is 0 Å². The Morgan fingerprint density at radius 1 is 1.40 bits per heavy atom. The van der Waals surface area contributed by atoms with Crippen molar-refractivity contribution in [1.82, 2.24) is 0 Å². The van der Waals surface area contributed by atoms with Gasteiger partial charge in [-0.1, -0.05) is 0 Å². The number of hydrogen-bond donors (Lipinski definition) is 1. The number of carboxylic acid groups (broad SMARTS) is 1. The molecule has 0 aromatic heterocycles. The summed E-state index contributed by atoms with van der Waals surface area (Å²) in [4.78, 5) is 35.1. The van der Waals surface area contributed by atoms with Crippen molar-refractivity contribution in [3.63, 3.8) is 0 Å². The van der Waals surface area contributed by atoms with Gasteiger partial charge in [-0.25, -0.2) is 9.18 Å². The first-order chi connectivity index (χ1) is 11.4. The van der Waals surface area contributed by atoms with Crippen LogP contribution in [0.5, 0.6) is 0 Å². The van der Waals surface area contributed by atoms with Gasteiger partial charge in [0, 0.05) is 18.2 Å². The van der Waals surface area contributed by atoms with Crippen LogP contribution in [0.15, 0.2) is 12.1 Å². The summed E-state index contributed by atoms with van der Waals surface area (Å²) in [7, 11) is 0. The maximum absolute atomic E-state index is 14.0. The lowest BCUT2D eigenvalue weighted by atomic mass is 9.97. The van der Waals surface area contributed by atoms with E-state index in [1.807, 2.05) is 0 Å². The zero-order valence-electron chi connectivity index (χ0n) is 14.7. The third-order valence-electron chi connectivity index (χ3n) is 3.32. The minimum atomic E-state index is -1.35. The van der Waals surface area contributed by atoms with E-state index in [4.69, 9.17) is 9.84 Å². The molecule has 0 saturated carbocycles. The summed E-state index contributed by atoms with van der Waals surface area (Å²) in [6.45, 7) is 7.58. The molecule has 9 heteroatoms. The van der Waals surface area contributed by atoms with E-state index >= 15 is 0 Å². The normalized spacial score (nSPS) is 12.4. The second-order valence-corrected chi connectivity index (χ2v) is 6.40. The largest absolute Gasteiger partial charge is 0.481 e. The molecule has 1 atom stereocenters. The van der Waals surface area contributed by atoms with Crippen LogP contribution in [0, 0.1) is 15.9 Å². The van der Waals surface area contributed by atoms with Gasteiger partial charge in [-0.3, -0.25) is 19.8 Å². The number of amides is 1. The first kappa shape index (κ1) is 20.3. The van der Waals surface area contributed by atoms with Crippen LogP contribution in [0.3, 0.4) is 0 Å². The van der Waals surface area contributed by atoms with Gasteiger partial charge in [0.05, 0.1) is 10.8 Å². The van der Waals surface area contributed by atoms with Gasteiger partial charge in [0.2, 0.25) is 0 Å². The first-order valence-corrected chi connectivity index (χ1v) is 7.60. The fourth-order valence-corrected chi connectivity index (χ4v) is 2.19. The predicted octanol–water partition coefficient (Wildman–Crippen LogP) is 3.68. The summed E-state index contributed by atoms with van der Waals surface area (Å²) in [6.07, 6.45) is -0.891. The summed E-state index contributed by atoms with van der Waals surface area (Å²) in [5.74, 6) is -3.56. The molecule has 0 spiro atoms. The Hall–Kier alpha value is -2.71. The number of benzene rings is 1. The average molecular weight is 356 g/mol. The topological polar surface area (TPSA) is 110 Å². The van der Waals surface area contributed by atoms with E-state index in [-0.39, 0.29) is 17.8 Å². The molecule has 1 N–H and O–H groups in total.